The van der Waals surface area contributed by atoms with Crippen LogP contribution in [0.15, 0.2) is 0 Å². The van der Waals surface area contributed by atoms with Crippen molar-refractivity contribution in [2.24, 2.45) is 11.3 Å². The molecule has 0 bridgehead atoms. The van der Waals surface area contributed by atoms with E-state index in [0.29, 0.717) is 17.9 Å². The van der Waals surface area contributed by atoms with Crippen molar-refractivity contribution in [1.29, 1.82) is 0 Å². The molecule has 0 N–H and O–H groups in total. The number of amides is 1. The zero-order valence-corrected chi connectivity index (χ0v) is 9.61. The molecule has 0 saturated carbocycles. The molecule has 90 valence electrons. The molecule has 0 aromatic heterocycles. The van der Waals surface area contributed by atoms with E-state index >= 15 is 0 Å². The van der Waals surface area contributed by atoms with E-state index in [1.165, 1.54) is 0 Å². The summed E-state index contributed by atoms with van der Waals surface area (Å²) in [7, 11) is 0. The average Bonchev–Trinajstić information content (AvgIpc) is 2.80. The summed E-state index contributed by atoms with van der Waals surface area (Å²) in [4.78, 5) is 14.2. The molecule has 3 heterocycles. The van der Waals surface area contributed by atoms with Gasteiger partial charge in [-0.3, -0.25) is 4.79 Å². The van der Waals surface area contributed by atoms with Gasteiger partial charge >= 0.3 is 0 Å². The summed E-state index contributed by atoms with van der Waals surface area (Å²) < 4.78 is 10.6. The van der Waals surface area contributed by atoms with Gasteiger partial charge in [-0.2, -0.15) is 0 Å². The van der Waals surface area contributed by atoms with Crippen molar-refractivity contribution < 1.29 is 14.3 Å². The number of hydrogen-bond acceptors (Lipinski definition) is 3. The highest BCUT2D eigenvalue weighted by molar-refractivity contribution is 5.79. The van der Waals surface area contributed by atoms with Crippen LogP contribution >= 0.6 is 0 Å². The normalized spacial score (nSPS) is 32.8. The molecule has 3 aliphatic rings. The smallest absolute Gasteiger partial charge is 0.228 e. The number of likely N-dealkylation sites (tertiary alicyclic amines) is 1. The van der Waals surface area contributed by atoms with Crippen LogP contribution in [0.4, 0.5) is 0 Å². The topological polar surface area (TPSA) is 38.8 Å². The maximum absolute atomic E-state index is 12.1. The molecule has 0 unspecified atom stereocenters. The van der Waals surface area contributed by atoms with Crippen LogP contribution in [0.1, 0.15) is 19.3 Å². The molecule has 4 heteroatoms. The second-order valence-electron chi connectivity index (χ2n) is 5.38. The minimum atomic E-state index is 0.131. The van der Waals surface area contributed by atoms with Crippen molar-refractivity contribution in [2.75, 3.05) is 39.5 Å². The minimum absolute atomic E-state index is 0.131. The van der Waals surface area contributed by atoms with Gasteiger partial charge < -0.3 is 14.4 Å². The molecule has 1 atom stereocenters. The zero-order valence-electron chi connectivity index (χ0n) is 9.61. The first kappa shape index (κ1) is 10.5. The van der Waals surface area contributed by atoms with Gasteiger partial charge in [0.25, 0.3) is 0 Å². The number of nitrogens with zero attached hydrogens (tertiary/aromatic N) is 1. The lowest BCUT2D eigenvalue weighted by atomic mass is 9.76. The van der Waals surface area contributed by atoms with Crippen LogP contribution in [-0.2, 0) is 14.3 Å². The van der Waals surface area contributed by atoms with Crippen LogP contribution in [0.3, 0.4) is 0 Å². The molecular formula is C12H19NO3. The fraction of sp³-hybridized carbons (Fsp3) is 0.917. The predicted octanol–water partition coefficient (Wildman–Crippen LogP) is 0.662. The summed E-state index contributed by atoms with van der Waals surface area (Å²) >= 11 is 0. The number of ether oxygens (including phenoxy) is 2. The van der Waals surface area contributed by atoms with E-state index < -0.39 is 0 Å². The molecule has 0 aliphatic carbocycles. The number of rotatable bonds is 1. The van der Waals surface area contributed by atoms with E-state index in [4.69, 9.17) is 9.47 Å². The second-order valence-corrected chi connectivity index (χ2v) is 5.38. The fourth-order valence-corrected chi connectivity index (χ4v) is 2.87. The van der Waals surface area contributed by atoms with Gasteiger partial charge in [0.1, 0.15) is 0 Å². The third-order valence-corrected chi connectivity index (χ3v) is 4.23. The van der Waals surface area contributed by atoms with E-state index in [9.17, 15) is 4.79 Å². The molecule has 0 aromatic carbocycles. The van der Waals surface area contributed by atoms with Gasteiger partial charge in [-0.05, 0) is 19.3 Å². The molecule has 3 saturated heterocycles. The Hall–Kier alpha value is -0.610. The van der Waals surface area contributed by atoms with Gasteiger partial charge in [-0.25, -0.2) is 0 Å². The van der Waals surface area contributed by atoms with Crippen LogP contribution < -0.4 is 0 Å². The largest absolute Gasteiger partial charge is 0.381 e. The van der Waals surface area contributed by atoms with Gasteiger partial charge in [-0.15, -0.1) is 0 Å². The highest BCUT2D eigenvalue weighted by atomic mass is 16.5. The predicted molar refractivity (Wildman–Crippen MR) is 58.0 cm³/mol. The van der Waals surface area contributed by atoms with Crippen LogP contribution in [0, 0.1) is 11.3 Å². The van der Waals surface area contributed by atoms with Gasteiger partial charge in [0, 0.05) is 25.1 Å². The first-order valence-electron chi connectivity index (χ1n) is 6.23. The first-order chi connectivity index (χ1) is 7.79. The first-order valence-corrected chi connectivity index (χ1v) is 6.23. The molecular weight excluding hydrogens is 206 g/mol. The second kappa shape index (κ2) is 4.00. The number of carbonyl (C=O) groups is 1. The summed E-state index contributed by atoms with van der Waals surface area (Å²) in [6, 6.07) is 0. The van der Waals surface area contributed by atoms with Gasteiger partial charge in [0.05, 0.1) is 25.7 Å². The molecule has 16 heavy (non-hydrogen) atoms. The van der Waals surface area contributed by atoms with Crippen molar-refractivity contribution in [2.45, 2.75) is 19.3 Å². The number of piperidine rings is 1. The summed E-state index contributed by atoms with van der Waals surface area (Å²) in [5.41, 5.74) is 0.420. The molecule has 1 amide bonds. The quantitative estimate of drug-likeness (QED) is 0.658. The maximum atomic E-state index is 12.1. The van der Waals surface area contributed by atoms with E-state index in [1.54, 1.807) is 0 Å². The van der Waals surface area contributed by atoms with Crippen molar-refractivity contribution in [3.63, 3.8) is 0 Å². The Morgan fingerprint density at radius 1 is 1.19 bits per heavy atom. The third-order valence-electron chi connectivity index (χ3n) is 4.23. The van der Waals surface area contributed by atoms with E-state index in [2.05, 4.69) is 0 Å². The Morgan fingerprint density at radius 2 is 1.94 bits per heavy atom. The highest BCUT2D eigenvalue weighted by Gasteiger charge is 2.42. The molecule has 3 fully saturated rings. The van der Waals surface area contributed by atoms with Gasteiger partial charge in [-0.1, -0.05) is 0 Å². The third kappa shape index (κ3) is 1.74. The monoisotopic (exact) mass is 225 g/mol. The van der Waals surface area contributed by atoms with Crippen LogP contribution in [0.2, 0.25) is 0 Å². The van der Waals surface area contributed by atoms with Gasteiger partial charge in [0.2, 0.25) is 5.91 Å². The van der Waals surface area contributed by atoms with E-state index in [1.807, 2.05) is 4.90 Å². The Balaban J connectivity index is 1.54. The summed E-state index contributed by atoms with van der Waals surface area (Å²) in [5, 5.41) is 0. The lowest BCUT2D eigenvalue weighted by Crippen LogP contribution is -2.53. The van der Waals surface area contributed by atoms with Crippen molar-refractivity contribution in [3.05, 3.63) is 0 Å². The molecule has 0 radical (unpaired) electrons. The number of hydrogen-bond donors (Lipinski definition) is 0. The molecule has 4 nitrogen and oxygen atoms in total. The van der Waals surface area contributed by atoms with Gasteiger partial charge in [0.15, 0.2) is 0 Å². The van der Waals surface area contributed by atoms with Crippen molar-refractivity contribution in [3.8, 4) is 0 Å². The summed E-state index contributed by atoms with van der Waals surface area (Å²) in [6.07, 6.45) is 3.14. The standard InChI is InChI=1S/C12H19NO3/c14-11(10-1-6-15-7-10)13-4-2-12(3-5-13)8-16-9-12/h10H,1-9H2/t10-/m1/s1. The van der Waals surface area contributed by atoms with E-state index in [-0.39, 0.29) is 5.92 Å². The summed E-state index contributed by atoms with van der Waals surface area (Å²) in [5.74, 6) is 0.444. The summed E-state index contributed by atoms with van der Waals surface area (Å²) in [6.45, 7) is 5.02. The molecule has 0 aromatic rings. The Bertz CT molecular complexity index is 272. The molecule has 3 rings (SSSR count). The molecule has 3 aliphatic heterocycles. The molecule has 1 spiro atoms. The average molecular weight is 225 g/mol. The number of carbonyl (C=O) groups excluding carboxylic acids is 1. The Kier molecular flexibility index (Phi) is 2.64. The lowest BCUT2D eigenvalue weighted by Gasteiger charge is -2.47. The van der Waals surface area contributed by atoms with Crippen molar-refractivity contribution in [1.82, 2.24) is 4.90 Å². The minimum Gasteiger partial charge on any atom is -0.381 e. The highest BCUT2D eigenvalue weighted by Crippen LogP contribution is 2.38. The lowest BCUT2D eigenvalue weighted by molar-refractivity contribution is -0.155. The van der Waals surface area contributed by atoms with Crippen LogP contribution in [0.25, 0.3) is 0 Å². The van der Waals surface area contributed by atoms with Crippen LogP contribution in [0.5, 0.6) is 0 Å². The maximum Gasteiger partial charge on any atom is 0.228 e. The van der Waals surface area contributed by atoms with Crippen LogP contribution in [-0.4, -0.2) is 50.3 Å². The SMILES string of the molecule is O=C([C@@H]1CCOC1)N1CCC2(CC1)COC2. The Labute approximate surface area is 95.9 Å². The zero-order chi connectivity index (χ0) is 11.0. The van der Waals surface area contributed by atoms with E-state index in [0.717, 1.165) is 52.2 Å². The fourth-order valence-electron chi connectivity index (χ4n) is 2.87. The Morgan fingerprint density at radius 3 is 2.44 bits per heavy atom. The van der Waals surface area contributed by atoms with Crippen molar-refractivity contribution >= 4 is 5.91 Å².